The van der Waals surface area contributed by atoms with Gasteiger partial charge in [0.05, 0.1) is 16.6 Å². The summed E-state index contributed by atoms with van der Waals surface area (Å²) in [6.45, 7) is 11.0. The molecule has 2 aliphatic rings. The lowest BCUT2D eigenvalue weighted by atomic mass is 9.75. The first-order valence-corrected chi connectivity index (χ1v) is 16.2. The van der Waals surface area contributed by atoms with E-state index in [1.165, 1.54) is 23.3 Å². The number of nitrogens with zero attached hydrogens (tertiary/aromatic N) is 3. The van der Waals surface area contributed by atoms with Crippen molar-refractivity contribution in [2.75, 3.05) is 19.6 Å². The van der Waals surface area contributed by atoms with Gasteiger partial charge in [0.25, 0.3) is 5.69 Å². The zero-order valence-corrected chi connectivity index (χ0v) is 27.7. The minimum absolute atomic E-state index is 0.133. The Balaban J connectivity index is 1.37. The summed E-state index contributed by atoms with van der Waals surface area (Å²) in [6.07, 6.45) is 1.16. The molecule has 2 aliphatic heterocycles. The number of esters is 2. The van der Waals surface area contributed by atoms with Crippen LogP contribution in [0.4, 0.5) is 5.69 Å². The summed E-state index contributed by atoms with van der Waals surface area (Å²) in [6, 6.07) is 27.1. The molecular formula is C38H43N3O6. The molecule has 1 fully saturated rings. The van der Waals surface area contributed by atoms with E-state index in [2.05, 4.69) is 58.4 Å². The van der Waals surface area contributed by atoms with E-state index in [1.807, 2.05) is 19.1 Å². The van der Waals surface area contributed by atoms with Crippen LogP contribution in [0.5, 0.6) is 0 Å². The van der Waals surface area contributed by atoms with Crippen LogP contribution < -0.4 is 0 Å². The number of ether oxygens (including phenoxy) is 2. The fraction of sp³-hybridized carbons (Fsp3) is 0.395. The third-order valence-electron chi connectivity index (χ3n) is 9.09. The number of hydrogen-bond acceptors (Lipinski definition) is 8. The van der Waals surface area contributed by atoms with E-state index in [4.69, 9.17) is 9.47 Å². The molecule has 0 N–H and O–H groups in total. The van der Waals surface area contributed by atoms with Crippen molar-refractivity contribution in [3.63, 3.8) is 0 Å². The summed E-state index contributed by atoms with van der Waals surface area (Å²) in [7, 11) is 0. The molecule has 0 spiro atoms. The van der Waals surface area contributed by atoms with Gasteiger partial charge >= 0.3 is 11.9 Å². The van der Waals surface area contributed by atoms with E-state index in [-0.39, 0.29) is 17.2 Å². The third-order valence-corrected chi connectivity index (χ3v) is 9.09. The fourth-order valence-corrected chi connectivity index (χ4v) is 6.89. The molecule has 3 aromatic rings. The van der Waals surface area contributed by atoms with E-state index < -0.39 is 40.4 Å². The molecule has 1 saturated heterocycles. The Morgan fingerprint density at radius 1 is 1.00 bits per heavy atom. The average Bonchev–Trinajstić information content (AvgIpc) is 3.41. The van der Waals surface area contributed by atoms with Crippen LogP contribution in [0.15, 0.2) is 101 Å². The second-order valence-electron chi connectivity index (χ2n) is 13.1. The molecule has 246 valence electrons. The standard InChI is InChI=1S/C38H43N3O6/c1-25(2)46-36(42)33-26(3)39-27(4)34(35(33)30-17-12-18-31(23-30)41(44)45)37(43)47-38(5)20-22-40(24-38)21-19-32(28-13-8-6-9-14-28)29-15-10-7-11-16-29/h6-18,23,25,32-33,35H,19-22,24H2,1-5H3/t33?,35-,38-/m0/s1. The molecular weight excluding hydrogens is 594 g/mol. The van der Waals surface area contributed by atoms with Gasteiger partial charge in [-0.1, -0.05) is 72.8 Å². The lowest BCUT2D eigenvalue weighted by Crippen LogP contribution is -2.40. The van der Waals surface area contributed by atoms with Crippen LogP contribution in [0.1, 0.15) is 76.0 Å². The van der Waals surface area contributed by atoms with Crippen LogP contribution in [0, 0.1) is 16.0 Å². The second kappa shape index (κ2) is 14.4. The van der Waals surface area contributed by atoms with Gasteiger partial charge in [-0.2, -0.15) is 0 Å². The number of non-ortho nitro benzene ring substituents is 1. The Hall–Kier alpha value is -4.63. The smallest absolute Gasteiger partial charge is 0.337 e. The second-order valence-corrected chi connectivity index (χ2v) is 13.1. The molecule has 0 saturated carbocycles. The summed E-state index contributed by atoms with van der Waals surface area (Å²) in [4.78, 5) is 45.7. The number of nitro benzene ring substituents is 1. The largest absolute Gasteiger partial charge is 0.462 e. The fourth-order valence-electron chi connectivity index (χ4n) is 6.89. The van der Waals surface area contributed by atoms with Crippen LogP contribution in [-0.2, 0) is 19.1 Å². The Bertz CT molecular complexity index is 1630. The first-order chi connectivity index (χ1) is 22.5. The maximum atomic E-state index is 14.2. The molecule has 0 aliphatic carbocycles. The van der Waals surface area contributed by atoms with Gasteiger partial charge in [-0.3, -0.25) is 24.8 Å². The van der Waals surface area contributed by atoms with E-state index in [1.54, 1.807) is 39.8 Å². The van der Waals surface area contributed by atoms with Gasteiger partial charge in [0.2, 0.25) is 0 Å². The zero-order valence-electron chi connectivity index (χ0n) is 27.7. The number of carbonyl (C=O) groups is 2. The molecule has 5 rings (SSSR count). The lowest BCUT2D eigenvalue weighted by Gasteiger charge is -2.34. The van der Waals surface area contributed by atoms with Crippen molar-refractivity contribution in [2.24, 2.45) is 10.9 Å². The minimum atomic E-state index is -0.938. The molecule has 9 nitrogen and oxygen atoms in total. The Labute approximate surface area is 276 Å². The topological polar surface area (TPSA) is 111 Å². The average molecular weight is 638 g/mol. The van der Waals surface area contributed by atoms with E-state index in [0.717, 1.165) is 19.5 Å². The highest BCUT2D eigenvalue weighted by atomic mass is 16.6. The normalized spacial score (nSPS) is 21.6. The zero-order chi connectivity index (χ0) is 33.7. The number of carbonyl (C=O) groups excluding carboxylic acids is 2. The predicted molar refractivity (Wildman–Crippen MR) is 181 cm³/mol. The van der Waals surface area contributed by atoms with Crippen LogP contribution in [-0.4, -0.2) is 58.8 Å². The van der Waals surface area contributed by atoms with Gasteiger partial charge in [-0.25, -0.2) is 4.79 Å². The van der Waals surface area contributed by atoms with Gasteiger partial charge in [0, 0.05) is 54.9 Å². The van der Waals surface area contributed by atoms with Gasteiger partial charge in [0.1, 0.15) is 11.5 Å². The van der Waals surface area contributed by atoms with Crippen molar-refractivity contribution in [3.05, 3.63) is 123 Å². The number of nitro groups is 1. The number of allylic oxidation sites excluding steroid dienone is 1. The Morgan fingerprint density at radius 3 is 2.23 bits per heavy atom. The van der Waals surface area contributed by atoms with E-state index in [9.17, 15) is 19.7 Å². The van der Waals surface area contributed by atoms with Crippen molar-refractivity contribution in [1.29, 1.82) is 0 Å². The highest BCUT2D eigenvalue weighted by Gasteiger charge is 2.45. The molecule has 3 aromatic carbocycles. The maximum absolute atomic E-state index is 14.2. The van der Waals surface area contributed by atoms with Crippen LogP contribution in [0.2, 0.25) is 0 Å². The SMILES string of the molecule is CC1=NC(C)=C(C(=O)O[C@@]2(C)CCN(CCC(c3ccccc3)c3ccccc3)C2)[C@@H](c2cccc([N+](=O)[O-])c2)C1C(=O)OC(C)C. The van der Waals surface area contributed by atoms with Gasteiger partial charge in [-0.15, -0.1) is 0 Å². The van der Waals surface area contributed by atoms with Crippen LogP contribution in [0.25, 0.3) is 0 Å². The lowest BCUT2D eigenvalue weighted by molar-refractivity contribution is -0.384. The van der Waals surface area contributed by atoms with Crippen molar-refractivity contribution in [2.45, 2.75) is 71.0 Å². The van der Waals surface area contributed by atoms with E-state index >= 15 is 0 Å². The van der Waals surface area contributed by atoms with Crippen LogP contribution >= 0.6 is 0 Å². The van der Waals surface area contributed by atoms with Gasteiger partial charge in [0.15, 0.2) is 0 Å². The number of likely N-dealkylation sites (tertiary alicyclic amines) is 1. The molecule has 1 unspecified atom stereocenters. The van der Waals surface area contributed by atoms with Gasteiger partial charge in [-0.05, 0) is 64.3 Å². The summed E-state index contributed by atoms with van der Waals surface area (Å²) in [5, 5.41) is 11.7. The number of benzene rings is 3. The molecule has 0 aromatic heterocycles. The summed E-state index contributed by atoms with van der Waals surface area (Å²) in [5.74, 6) is -2.68. The van der Waals surface area contributed by atoms with Crippen molar-refractivity contribution in [3.8, 4) is 0 Å². The molecule has 2 heterocycles. The quantitative estimate of drug-likeness (QED) is 0.124. The third kappa shape index (κ3) is 7.85. The Kier molecular flexibility index (Phi) is 10.3. The monoisotopic (exact) mass is 637 g/mol. The van der Waals surface area contributed by atoms with Crippen molar-refractivity contribution < 1.29 is 24.0 Å². The number of rotatable bonds is 11. The summed E-state index contributed by atoms with van der Waals surface area (Å²) < 4.78 is 11.9. The highest BCUT2D eigenvalue weighted by molar-refractivity contribution is 6.07. The summed E-state index contributed by atoms with van der Waals surface area (Å²) in [5.41, 5.74) is 3.20. The Morgan fingerprint density at radius 2 is 1.64 bits per heavy atom. The summed E-state index contributed by atoms with van der Waals surface area (Å²) >= 11 is 0. The number of aliphatic imine (C=N–C) groups is 1. The molecule has 47 heavy (non-hydrogen) atoms. The first-order valence-electron chi connectivity index (χ1n) is 16.2. The van der Waals surface area contributed by atoms with E-state index in [0.29, 0.717) is 29.9 Å². The molecule has 0 radical (unpaired) electrons. The van der Waals surface area contributed by atoms with Gasteiger partial charge < -0.3 is 9.47 Å². The molecule has 3 atom stereocenters. The molecule has 0 amide bonds. The minimum Gasteiger partial charge on any atom is -0.462 e. The van der Waals surface area contributed by atoms with Crippen molar-refractivity contribution >= 4 is 23.3 Å². The number of hydrogen-bond donors (Lipinski definition) is 0. The maximum Gasteiger partial charge on any atom is 0.337 e. The first kappa shape index (κ1) is 33.7. The molecule has 0 bridgehead atoms. The molecule has 9 heteroatoms. The highest BCUT2D eigenvalue weighted by Crippen LogP contribution is 2.42. The van der Waals surface area contributed by atoms with Crippen LogP contribution in [0.3, 0.4) is 0 Å². The predicted octanol–water partition coefficient (Wildman–Crippen LogP) is 7.22. The van der Waals surface area contributed by atoms with Crippen molar-refractivity contribution in [1.82, 2.24) is 4.90 Å².